The molecule has 0 spiro atoms. The average molecular weight is 412 g/mol. The zero-order valence-electron chi connectivity index (χ0n) is 17.2. The molecule has 1 aromatic carbocycles. The van der Waals surface area contributed by atoms with Crippen molar-refractivity contribution in [1.82, 2.24) is 15.6 Å². The molecule has 1 fully saturated rings. The molecule has 1 aliphatic heterocycles. The van der Waals surface area contributed by atoms with Crippen LogP contribution >= 0.6 is 11.3 Å². The Kier molecular flexibility index (Phi) is 6.13. The average Bonchev–Trinajstić information content (AvgIpc) is 3.39. The molecule has 0 unspecified atom stereocenters. The van der Waals surface area contributed by atoms with Gasteiger partial charge in [-0.1, -0.05) is 18.9 Å². The third-order valence-corrected chi connectivity index (χ3v) is 6.50. The number of carbonyl (C=O) groups is 1. The zero-order chi connectivity index (χ0) is 20.2. The molecule has 154 valence electrons. The van der Waals surface area contributed by atoms with E-state index >= 15 is 0 Å². The number of thiazole rings is 1. The summed E-state index contributed by atoms with van der Waals surface area (Å²) in [4.78, 5) is 21.5. The number of hydrogen-bond acceptors (Lipinski definition) is 6. The van der Waals surface area contributed by atoms with Crippen LogP contribution in [0.4, 0.5) is 5.69 Å². The molecule has 1 amide bonds. The molecule has 29 heavy (non-hydrogen) atoms. The summed E-state index contributed by atoms with van der Waals surface area (Å²) in [5, 5.41) is 12.7. The highest BCUT2D eigenvalue weighted by molar-refractivity contribution is 7.09. The summed E-state index contributed by atoms with van der Waals surface area (Å²) in [5.41, 5.74) is 5.25. The van der Waals surface area contributed by atoms with Crippen molar-refractivity contribution < 1.29 is 4.79 Å². The fourth-order valence-electron chi connectivity index (χ4n) is 3.93. The molecule has 4 rings (SSSR count). The lowest BCUT2D eigenvalue weighted by Gasteiger charge is -2.18. The van der Waals surface area contributed by atoms with Crippen LogP contribution in [0.25, 0.3) is 0 Å². The van der Waals surface area contributed by atoms with Crippen LogP contribution in [0.1, 0.15) is 64.3 Å². The number of guanidine groups is 1. The first-order valence-corrected chi connectivity index (χ1v) is 11.4. The number of hydrogen-bond donors (Lipinski definition) is 3. The van der Waals surface area contributed by atoms with Crippen molar-refractivity contribution in [1.29, 1.82) is 0 Å². The Morgan fingerprint density at radius 2 is 2.03 bits per heavy atom. The third-order valence-electron chi connectivity index (χ3n) is 5.65. The van der Waals surface area contributed by atoms with Crippen LogP contribution in [0.2, 0.25) is 0 Å². The van der Waals surface area contributed by atoms with Crippen LogP contribution in [0.15, 0.2) is 22.5 Å². The van der Waals surface area contributed by atoms with E-state index in [-0.39, 0.29) is 5.91 Å². The third kappa shape index (κ3) is 4.96. The predicted molar refractivity (Wildman–Crippen MR) is 119 cm³/mol. The van der Waals surface area contributed by atoms with Gasteiger partial charge in [-0.25, -0.2) is 4.98 Å². The summed E-state index contributed by atoms with van der Waals surface area (Å²) in [5.74, 6) is 0.817. The van der Waals surface area contributed by atoms with Crippen LogP contribution in [-0.2, 0) is 6.42 Å². The number of anilines is 1. The van der Waals surface area contributed by atoms with Crippen molar-refractivity contribution >= 4 is 28.9 Å². The van der Waals surface area contributed by atoms with Gasteiger partial charge in [-0.3, -0.25) is 9.79 Å². The summed E-state index contributed by atoms with van der Waals surface area (Å²) >= 11 is 1.56. The number of benzene rings is 1. The number of nitrogens with zero attached hydrogens (tertiary/aromatic N) is 2. The molecule has 2 aromatic rings. The second kappa shape index (κ2) is 8.95. The van der Waals surface area contributed by atoms with E-state index in [4.69, 9.17) is 0 Å². The van der Waals surface area contributed by atoms with Gasteiger partial charge in [0.05, 0.1) is 5.01 Å². The maximum absolute atomic E-state index is 12.4. The van der Waals surface area contributed by atoms with E-state index < -0.39 is 0 Å². The Morgan fingerprint density at radius 3 is 2.79 bits per heavy atom. The predicted octanol–water partition coefficient (Wildman–Crippen LogP) is 3.78. The Hall–Kier alpha value is -2.41. The summed E-state index contributed by atoms with van der Waals surface area (Å²) in [6.45, 7) is 6.06. The summed E-state index contributed by atoms with van der Waals surface area (Å²) in [6.07, 6.45) is 6.41. The molecule has 0 saturated heterocycles. The molecule has 2 aliphatic rings. The Morgan fingerprint density at radius 1 is 1.21 bits per heavy atom. The fourth-order valence-corrected chi connectivity index (χ4v) is 4.73. The molecule has 1 saturated carbocycles. The Labute approximate surface area is 176 Å². The van der Waals surface area contributed by atoms with Crippen LogP contribution in [0, 0.1) is 13.8 Å². The van der Waals surface area contributed by atoms with Gasteiger partial charge < -0.3 is 16.0 Å². The number of amides is 1. The minimum atomic E-state index is -0.0346. The van der Waals surface area contributed by atoms with E-state index in [0.717, 1.165) is 55.4 Å². The molecule has 2 heterocycles. The monoisotopic (exact) mass is 411 g/mol. The topological polar surface area (TPSA) is 78.4 Å². The van der Waals surface area contributed by atoms with Crippen molar-refractivity contribution in [3.05, 3.63) is 44.9 Å². The van der Waals surface area contributed by atoms with Crippen molar-refractivity contribution in [2.75, 3.05) is 18.4 Å². The number of nitrogens with one attached hydrogen (secondary N) is 3. The SMILES string of the molecule is Cc1cc(NC2=NCCCN2)c(C)cc1Cc1nc(C(=O)NC2CCCC2)cs1. The van der Waals surface area contributed by atoms with Crippen LogP contribution in [0.3, 0.4) is 0 Å². The summed E-state index contributed by atoms with van der Waals surface area (Å²) in [7, 11) is 0. The van der Waals surface area contributed by atoms with Gasteiger partial charge in [0.15, 0.2) is 5.96 Å². The first-order chi connectivity index (χ1) is 14.1. The highest BCUT2D eigenvalue weighted by atomic mass is 32.1. The maximum atomic E-state index is 12.4. The molecule has 6 nitrogen and oxygen atoms in total. The summed E-state index contributed by atoms with van der Waals surface area (Å²) in [6, 6.07) is 4.70. The van der Waals surface area contributed by atoms with E-state index in [1.807, 2.05) is 5.38 Å². The minimum Gasteiger partial charge on any atom is -0.356 e. The smallest absolute Gasteiger partial charge is 0.270 e. The van der Waals surface area contributed by atoms with E-state index in [1.54, 1.807) is 11.3 Å². The molecule has 0 bridgehead atoms. The maximum Gasteiger partial charge on any atom is 0.270 e. The molecule has 0 radical (unpaired) electrons. The molecule has 1 aromatic heterocycles. The van der Waals surface area contributed by atoms with Crippen LogP contribution in [0.5, 0.6) is 0 Å². The van der Waals surface area contributed by atoms with E-state index in [2.05, 4.69) is 51.9 Å². The normalized spacial score (nSPS) is 17.0. The van der Waals surface area contributed by atoms with E-state index in [0.29, 0.717) is 11.7 Å². The number of aromatic nitrogens is 1. The standard InChI is InChI=1S/C22H29N5OS/c1-14-11-18(27-22-23-8-5-9-24-22)15(2)10-16(14)12-20-26-19(13-29-20)21(28)25-17-6-3-4-7-17/h10-11,13,17H,3-9,12H2,1-2H3,(H,25,28)(H2,23,24,27). The van der Waals surface area contributed by atoms with Gasteiger partial charge in [-0.15, -0.1) is 11.3 Å². The minimum absolute atomic E-state index is 0.0346. The molecular formula is C22H29N5OS. The quantitative estimate of drug-likeness (QED) is 0.700. The Bertz CT molecular complexity index is 914. The molecule has 7 heteroatoms. The lowest BCUT2D eigenvalue weighted by Crippen LogP contribution is -2.35. The molecule has 3 N–H and O–H groups in total. The highest BCUT2D eigenvalue weighted by Gasteiger charge is 2.20. The first-order valence-electron chi connectivity index (χ1n) is 10.5. The van der Waals surface area contributed by atoms with E-state index in [1.165, 1.54) is 29.5 Å². The van der Waals surface area contributed by atoms with Crippen molar-refractivity contribution in [2.45, 2.75) is 58.4 Å². The molecule has 1 aliphatic carbocycles. The second-order valence-corrected chi connectivity index (χ2v) is 8.93. The number of carbonyl (C=O) groups excluding carboxylic acids is 1. The van der Waals surface area contributed by atoms with Gasteiger partial charge in [0.1, 0.15) is 5.69 Å². The van der Waals surface area contributed by atoms with Gasteiger partial charge in [0.2, 0.25) is 0 Å². The zero-order valence-corrected chi connectivity index (χ0v) is 18.0. The first kappa shape index (κ1) is 19.9. The lowest BCUT2D eigenvalue weighted by atomic mass is 10.0. The van der Waals surface area contributed by atoms with Crippen LogP contribution in [-0.4, -0.2) is 36.0 Å². The molecule has 0 atom stereocenters. The number of aryl methyl sites for hydroxylation is 2. The lowest BCUT2D eigenvalue weighted by molar-refractivity contribution is 0.0933. The van der Waals surface area contributed by atoms with Crippen molar-refractivity contribution in [2.24, 2.45) is 4.99 Å². The fraction of sp³-hybridized carbons (Fsp3) is 0.500. The second-order valence-electron chi connectivity index (χ2n) is 7.99. The van der Waals surface area contributed by atoms with Crippen LogP contribution < -0.4 is 16.0 Å². The van der Waals surface area contributed by atoms with Crippen molar-refractivity contribution in [3.8, 4) is 0 Å². The Balaban J connectivity index is 1.42. The number of rotatable bonds is 5. The van der Waals surface area contributed by atoms with Gasteiger partial charge in [0, 0.05) is 36.6 Å². The largest absolute Gasteiger partial charge is 0.356 e. The summed E-state index contributed by atoms with van der Waals surface area (Å²) < 4.78 is 0. The molecular weight excluding hydrogens is 382 g/mol. The van der Waals surface area contributed by atoms with Crippen molar-refractivity contribution in [3.63, 3.8) is 0 Å². The van der Waals surface area contributed by atoms with Gasteiger partial charge in [0.25, 0.3) is 5.91 Å². The van der Waals surface area contributed by atoms with Gasteiger partial charge in [-0.05, 0) is 55.9 Å². The highest BCUT2D eigenvalue weighted by Crippen LogP contribution is 2.24. The van der Waals surface area contributed by atoms with E-state index in [9.17, 15) is 4.79 Å². The van der Waals surface area contributed by atoms with Gasteiger partial charge >= 0.3 is 0 Å². The van der Waals surface area contributed by atoms with Gasteiger partial charge in [-0.2, -0.15) is 0 Å². The number of aliphatic imine (C=N–C) groups is 1.